The van der Waals surface area contributed by atoms with Crippen molar-refractivity contribution in [1.29, 1.82) is 0 Å². The zero-order valence-corrected chi connectivity index (χ0v) is 16.1. The van der Waals surface area contributed by atoms with Crippen molar-refractivity contribution in [1.82, 2.24) is 4.90 Å². The van der Waals surface area contributed by atoms with Crippen molar-refractivity contribution < 1.29 is 9.90 Å². The quantitative estimate of drug-likeness (QED) is 0.770. The Labute approximate surface area is 159 Å². The number of rotatable bonds is 5. The molecule has 1 atom stereocenters. The summed E-state index contributed by atoms with van der Waals surface area (Å²) in [6.45, 7) is 3.80. The summed E-state index contributed by atoms with van der Waals surface area (Å²) in [4.78, 5) is 16.0. The molecule has 0 radical (unpaired) electrons. The molecule has 2 aromatic rings. The average molecular weight is 371 g/mol. The van der Waals surface area contributed by atoms with Gasteiger partial charge in [-0.1, -0.05) is 24.3 Å². The fourth-order valence-electron chi connectivity index (χ4n) is 3.52. The SMILES string of the molecule is CSc1ccccc1NC(=O)[C@@H](C)N1CCC(c2ccc(O)cc2)CC1. The second kappa shape index (κ2) is 8.60. The number of nitrogens with zero attached hydrogens (tertiary/aromatic N) is 1. The van der Waals surface area contributed by atoms with Crippen LogP contribution in [0.4, 0.5) is 5.69 Å². The van der Waals surface area contributed by atoms with Crippen LogP contribution in [0.2, 0.25) is 0 Å². The molecule has 1 aliphatic rings. The predicted molar refractivity (Wildman–Crippen MR) is 108 cm³/mol. The van der Waals surface area contributed by atoms with E-state index in [-0.39, 0.29) is 11.9 Å². The number of thioether (sulfide) groups is 1. The van der Waals surface area contributed by atoms with Crippen molar-refractivity contribution in [3.8, 4) is 5.75 Å². The number of phenols is 1. The Morgan fingerprint density at radius 1 is 1.15 bits per heavy atom. The van der Waals surface area contributed by atoms with Gasteiger partial charge in [0.05, 0.1) is 11.7 Å². The number of para-hydroxylation sites is 1. The van der Waals surface area contributed by atoms with Gasteiger partial charge < -0.3 is 10.4 Å². The minimum Gasteiger partial charge on any atom is -0.508 e. The first-order valence-electron chi connectivity index (χ1n) is 9.05. The molecule has 0 saturated carbocycles. The van der Waals surface area contributed by atoms with Gasteiger partial charge in [-0.3, -0.25) is 9.69 Å². The number of phenolic OH excluding ortho intramolecular Hbond substituents is 1. The molecule has 1 saturated heterocycles. The lowest BCUT2D eigenvalue weighted by molar-refractivity contribution is -0.121. The molecule has 0 aliphatic carbocycles. The van der Waals surface area contributed by atoms with Crippen LogP contribution in [0.25, 0.3) is 0 Å². The third-order valence-corrected chi connectivity index (χ3v) is 5.98. The van der Waals surface area contributed by atoms with E-state index >= 15 is 0 Å². The Morgan fingerprint density at radius 3 is 2.46 bits per heavy atom. The fourth-order valence-corrected chi connectivity index (χ4v) is 4.07. The first kappa shape index (κ1) is 18.8. The maximum Gasteiger partial charge on any atom is 0.241 e. The second-order valence-electron chi connectivity index (χ2n) is 6.77. The number of hydrogen-bond acceptors (Lipinski definition) is 4. The summed E-state index contributed by atoms with van der Waals surface area (Å²) >= 11 is 1.64. The Morgan fingerprint density at radius 2 is 1.81 bits per heavy atom. The third kappa shape index (κ3) is 4.40. The number of benzene rings is 2. The Kier molecular flexibility index (Phi) is 6.22. The van der Waals surface area contributed by atoms with Crippen molar-refractivity contribution in [3.05, 3.63) is 54.1 Å². The van der Waals surface area contributed by atoms with Crippen molar-refractivity contribution >= 4 is 23.4 Å². The summed E-state index contributed by atoms with van der Waals surface area (Å²) in [5.74, 6) is 0.857. The highest BCUT2D eigenvalue weighted by molar-refractivity contribution is 7.98. The molecular weight excluding hydrogens is 344 g/mol. The fraction of sp³-hybridized carbons (Fsp3) is 0.381. The maximum atomic E-state index is 12.7. The molecule has 2 aromatic carbocycles. The van der Waals surface area contributed by atoms with Crippen LogP contribution >= 0.6 is 11.8 Å². The highest BCUT2D eigenvalue weighted by Crippen LogP contribution is 2.30. The molecule has 1 amide bonds. The number of likely N-dealkylation sites (tertiary alicyclic amines) is 1. The van der Waals surface area contributed by atoms with Crippen LogP contribution in [-0.2, 0) is 4.79 Å². The number of carbonyl (C=O) groups is 1. The molecule has 3 rings (SSSR count). The van der Waals surface area contributed by atoms with Gasteiger partial charge in [-0.15, -0.1) is 11.8 Å². The molecule has 4 nitrogen and oxygen atoms in total. The van der Waals surface area contributed by atoms with E-state index in [1.165, 1.54) is 5.56 Å². The molecular formula is C21H26N2O2S. The summed E-state index contributed by atoms with van der Waals surface area (Å²) < 4.78 is 0. The predicted octanol–water partition coefficient (Wildman–Crippen LogP) is 4.32. The van der Waals surface area contributed by atoms with Crippen molar-refractivity contribution in [3.63, 3.8) is 0 Å². The van der Waals surface area contributed by atoms with Gasteiger partial charge in [0.15, 0.2) is 0 Å². The van der Waals surface area contributed by atoms with Crippen molar-refractivity contribution in [2.45, 2.75) is 36.6 Å². The normalized spacial score (nSPS) is 17.0. The number of amides is 1. The van der Waals surface area contributed by atoms with E-state index < -0.39 is 0 Å². The van der Waals surface area contributed by atoms with Crippen LogP contribution < -0.4 is 5.32 Å². The van der Waals surface area contributed by atoms with Gasteiger partial charge in [-0.25, -0.2) is 0 Å². The highest BCUT2D eigenvalue weighted by Gasteiger charge is 2.27. The average Bonchev–Trinajstić information content (AvgIpc) is 2.68. The van der Waals surface area contributed by atoms with Crippen molar-refractivity contribution in [2.24, 2.45) is 0 Å². The Balaban J connectivity index is 1.56. The standard InChI is InChI=1S/C21H26N2O2S/c1-15(21(25)22-19-5-3-4-6-20(19)26-2)23-13-11-17(12-14-23)16-7-9-18(24)10-8-16/h3-10,15,17,24H,11-14H2,1-2H3,(H,22,25)/t15-/m1/s1. The summed E-state index contributed by atoms with van der Waals surface area (Å²) in [6.07, 6.45) is 4.08. The van der Waals surface area contributed by atoms with Crippen molar-refractivity contribution in [2.75, 3.05) is 24.7 Å². The topological polar surface area (TPSA) is 52.6 Å². The molecule has 26 heavy (non-hydrogen) atoms. The molecule has 1 heterocycles. The zero-order chi connectivity index (χ0) is 18.5. The van der Waals surface area contributed by atoms with Crippen LogP contribution in [0.3, 0.4) is 0 Å². The first-order valence-corrected chi connectivity index (χ1v) is 10.3. The van der Waals surface area contributed by atoms with Gasteiger partial charge in [0.2, 0.25) is 5.91 Å². The monoisotopic (exact) mass is 370 g/mol. The van der Waals surface area contributed by atoms with E-state index in [2.05, 4.69) is 10.2 Å². The van der Waals surface area contributed by atoms with Gasteiger partial charge in [0.25, 0.3) is 0 Å². The van der Waals surface area contributed by atoms with Gasteiger partial charge in [-0.05, 0) is 74.9 Å². The van der Waals surface area contributed by atoms with Crippen LogP contribution in [0.15, 0.2) is 53.4 Å². The van der Waals surface area contributed by atoms with E-state index in [4.69, 9.17) is 0 Å². The molecule has 5 heteroatoms. The van der Waals surface area contributed by atoms with Crippen LogP contribution in [-0.4, -0.2) is 41.3 Å². The lowest BCUT2D eigenvalue weighted by Crippen LogP contribution is -2.45. The highest BCUT2D eigenvalue weighted by atomic mass is 32.2. The van der Waals surface area contributed by atoms with E-state index in [9.17, 15) is 9.90 Å². The number of aromatic hydroxyl groups is 1. The van der Waals surface area contributed by atoms with Crippen LogP contribution in [0.5, 0.6) is 5.75 Å². The molecule has 0 bridgehead atoms. The van der Waals surface area contributed by atoms with Gasteiger partial charge in [0.1, 0.15) is 5.75 Å². The van der Waals surface area contributed by atoms with E-state index in [0.29, 0.717) is 11.7 Å². The summed E-state index contributed by atoms with van der Waals surface area (Å²) in [5, 5.41) is 12.5. The van der Waals surface area contributed by atoms with Crippen LogP contribution in [0, 0.1) is 0 Å². The number of hydrogen-bond donors (Lipinski definition) is 2. The Bertz CT molecular complexity index is 740. The smallest absolute Gasteiger partial charge is 0.241 e. The minimum absolute atomic E-state index is 0.0505. The molecule has 2 N–H and O–H groups in total. The first-order chi connectivity index (χ1) is 12.6. The van der Waals surface area contributed by atoms with E-state index in [0.717, 1.165) is 36.5 Å². The Hall–Kier alpha value is -1.98. The third-order valence-electron chi connectivity index (χ3n) is 5.19. The zero-order valence-electron chi connectivity index (χ0n) is 15.3. The van der Waals surface area contributed by atoms with Gasteiger partial charge in [-0.2, -0.15) is 0 Å². The summed E-state index contributed by atoms with van der Waals surface area (Å²) in [5.41, 5.74) is 2.16. The van der Waals surface area contributed by atoms with Crippen LogP contribution in [0.1, 0.15) is 31.2 Å². The number of nitrogens with one attached hydrogen (secondary N) is 1. The summed E-state index contributed by atoms with van der Waals surface area (Å²) in [7, 11) is 0. The molecule has 1 fully saturated rings. The minimum atomic E-state index is -0.148. The van der Waals surface area contributed by atoms with Gasteiger partial charge >= 0.3 is 0 Å². The van der Waals surface area contributed by atoms with Gasteiger partial charge in [0, 0.05) is 4.90 Å². The maximum absolute atomic E-state index is 12.7. The largest absolute Gasteiger partial charge is 0.508 e. The molecule has 0 spiro atoms. The number of carbonyl (C=O) groups excluding carboxylic acids is 1. The molecule has 0 unspecified atom stereocenters. The number of piperidine rings is 1. The van der Waals surface area contributed by atoms with E-state index in [1.807, 2.05) is 49.6 Å². The lowest BCUT2D eigenvalue weighted by Gasteiger charge is -2.35. The number of anilines is 1. The van der Waals surface area contributed by atoms with E-state index in [1.54, 1.807) is 23.9 Å². The molecule has 0 aromatic heterocycles. The molecule has 138 valence electrons. The molecule has 1 aliphatic heterocycles. The lowest BCUT2D eigenvalue weighted by atomic mass is 9.89. The summed E-state index contributed by atoms with van der Waals surface area (Å²) in [6, 6.07) is 15.3. The second-order valence-corrected chi connectivity index (χ2v) is 7.62.